The summed E-state index contributed by atoms with van der Waals surface area (Å²) in [6.07, 6.45) is 1.25. The summed E-state index contributed by atoms with van der Waals surface area (Å²) in [5.74, 6) is 0.619. The second kappa shape index (κ2) is 7.74. The molecule has 0 bridgehead atoms. The first-order valence-electron chi connectivity index (χ1n) is 8.71. The Morgan fingerprint density at radius 3 is 2.56 bits per heavy atom. The molecule has 0 unspecified atom stereocenters. The number of carbonyl (C=O) groups excluding carboxylic acids is 1. The summed E-state index contributed by atoms with van der Waals surface area (Å²) in [6, 6.07) is 17.6. The van der Waals surface area contributed by atoms with E-state index in [4.69, 9.17) is 16.3 Å². The monoisotopic (exact) mass is 399 g/mol. The third-order valence-electron chi connectivity index (χ3n) is 4.36. The van der Waals surface area contributed by atoms with Gasteiger partial charge in [0.15, 0.2) is 5.16 Å². The highest BCUT2D eigenvalue weighted by atomic mass is 35.5. The largest absolute Gasteiger partial charge is 0.462 e. The van der Waals surface area contributed by atoms with E-state index in [1.165, 1.54) is 11.8 Å². The van der Waals surface area contributed by atoms with Gasteiger partial charge in [-0.05, 0) is 36.8 Å². The third kappa shape index (κ3) is 4.01. The van der Waals surface area contributed by atoms with Crippen molar-refractivity contribution in [2.24, 2.45) is 0 Å². The van der Waals surface area contributed by atoms with Gasteiger partial charge in [-0.3, -0.25) is 9.36 Å². The fraction of sp³-hybridized carbons (Fsp3) is 0.250. The molecule has 0 N–H and O–H groups in total. The first-order chi connectivity index (χ1) is 13.1. The van der Waals surface area contributed by atoms with Crippen LogP contribution in [0.25, 0.3) is 5.69 Å². The number of nitrogens with zero attached hydrogens (tertiary/aromatic N) is 3. The molecule has 1 aliphatic heterocycles. The minimum Gasteiger partial charge on any atom is -0.462 e. The molecule has 2 heterocycles. The standard InChI is InChI=1S/C20H18ClN3O2S/c1-13-11-17(19(25)26-13)27-20-23-22-18(12-14-5-3-2-4-6-14)24(20)16-9-7-15(21)8-10-16/h2-10,13,17H,11-12H2,1H3/t13-,17+/m1/s1. The van der Waals surface area contributed by atoms with Gasteiger partial charge < -0.3 is 4.74 Å². The van der Waals surface area contributed by atoms with Crippen molar-refractivity contribution < 1.29 is 9.53 Å². The van der Waals surface area contributed by atoms with Gasteiger partial charge in [-0.25, -0.2) is 0 Å². The topological polar surface area (TPSA) is 57.0 Å². The first-order valence-corrected chi connectivity index (χ1v) is 9.97. The Morgan fingerprint density at radius 1 is 1.15 bits per heavy atom. The molecule has 1 aromatic heterocycles. The minimum atomic E-state index is -0.264. The Labute approximate surface area is 166 Å². The van der Waals surface area contributed by atoms with E-state index in [-0.39, 0.29) is 17.3 Å². The zero-order chi connectivity index (χ0) is 18.8. The van der Waals surface area contributed by atoms with Crippen molar-refractivity contribution in [1.29, 1.82) is 0 Å². The van der Waals surface area contributed by atoms with Gasteiger partial charge in [0.1, 0.15) is 17.2 Å². The number of esters is 1. The van der Waals surface area contributed by atoms with Crippen LogP contribution in [0.5, 0.6) is 0 Å². The molecule has 1 saturated heterocycles. The molecule has 1 fully saturated rings. The van der Waals surface area contributed by atoms with E-state index >= 15 is 0 Å². The fourth-order valence-electron chi connectivity index (χ4n) is 3.06. The van der Waals surface area contributed by atoms with Crippen LogP contribution in [-0.4, -0.2) is 32.1 Å². The van der Waals surface area contributed by atoms with Gasteiger partial charge in [0, 0.05) is 23.6 Å². The van der Waals surface area contributed by atoms with Crippen LogP contribution < -0.4 is 0 Å². The van der Waals surface area contributed by atoms with Gasteiger partial charge in [-0.1, -0.05) is 53.7 Å². The Kier molecular flexibility index (Phi) is 5.18. The maximum absolute atomic E-state index is 12.1. The van der Waals surface area contributed by atoms with Crippen LogP contribution in [0, 0.1) is 0 Å². The summed E-state index contributed by atoms with van der Waals surface area (Å²) in [5.41, 5.74) is 2.06. The summed E-state index contributed by atoms with van der Waals surface area (Å²) in [7, 11) is 0. The lowest BCUT2D eigenvalue weighted by molar-refractivity contribution is -0.140. The molecule has 0 aliphatic carbocycles. The summed E-state index contributed by atoms with van der Waals surface area (Å²) >= 11 is 7.45. The zero-order valence-corrected chi connectivity index (χ0v) is 16.3. The Bertz CT molecular complexity index is 944. The molecule has 3 aromatic rings. The van der Waals surface area contributed by atoms with E-state index < -0.39 is 0 Å². The number of carbonyl (C=O) groups is 1. The predicted molar refractivity (Wildman–Crippen MR) is 105 cm³/mol. The van der Waals surface area contributed by atoms with Crippen molar-refractivity contribution in [3.63, 3.8) is 0 Å². The number of hydrogen-bond acceptors (Lipinski definition) is 5. The molecule has 0 radical (unpaired) electrons. The molecule has 2 aromatic carbocycles. The van der Waals surface area contributed by atoms with Crippen LogP contribution in [0.3, 0.4) is 0 Å². The number of ether oxygens (including phenoxy) is 1. The molecule has 138 valence electrons. The van der Waals surface area contributed by atoms with Gasteiger partial charge in [0.25, 0.3) is 0 Å². The van der Waals surface area contributed by atoms with Crippen molar-refractivity contribution in [3.05, 3.63) is 71.0 Å². The lowest BCUT2D eigenvalue weighted by atomic mass is 10.1. The lowest BCUT2D eigenvalue weighted by Gasteiger charge is -2.12. The van der Waals surface area contributed by atoms with Crippen molar-refractivity contribution in [3.8, 4) is 5.69 Å². The van der Waals surface area contributed by atoms with Crippen LogP contribution >= 0.6 is 23.4 Å². The molecule has 27 heavy (non-hydrogen) atoms. The number of aromatic nitrogens is 3. The van der Waals surface area contributed by atoms with Crippen LogP contribution in [0.2, 0.25) is 5.02 Å². The maximum Gasteiger partial charge on any atom is 0.319 e. The first kappa shape index (κ1) is 18.1. The molecule has 0 amide bonds. The minimum absolute atomic E-state index is 0.0642. The number of thioether (sulfide) groups is 1. The fourth-order valence-corrected chi connectivity index (χ4v) is 4.37. The molecule has 7 heteroatoms. The molecule has 0 saturated carbocycles. The number of cyclic esters (lactones) is 1. The van der Waals surface area contributed by atoms with E-state index in [1.54, 1.807) is 0 Å². The highest BCUT2D eigenvalue weighted by Gasteiger charge is 2.34. The SMILES string of the molecule is C[C@@H]1C[C@H](Sc2nnc(Cc3ccccc3)n2-c2ccc(Cl)cc2)C(=O)O1. The molecule has 5 nitrogen and oxygen atoms in total. The van der Waals surface area contributed by atoms with Crippen LogP contribution in [0.15, 0.2) is 59.8 Å². The van der Waals surface area contributed by atoms with E-state index in [9.17, 15) is 4.79 Å². The van der Waals surface area contributed by atoms with E-state index in [0.29, 0.717) is 23.0 Å². The van der Waals surface area contributed by atoms with Crippen molar-refractivity contribution in [2.45, 2.75) is 36.3 Å². The molecular formula is C20H18ClN3O2S. The number of halogens is 1. The van der Waals surface area contributed by atoms with Gasteiger partial charge in [-0.15, -0.1) is 10.2 Å². The zero-order valence-electron chi connectivity index (χ0n) is 14.7. The highest BCUT2D eigenvalue weighted by molar-refractivity contribution is 8.00. The predicted octanol–water partition coefficient (Wildman–Crippen LogP) is 4.31. The molecule has 4 rings (SSSR count). The number of hydrogen-bond donors (Lipinski definition) is 0. The second-order valence-corrected chi connectivity index (χ2v) is 8.07. The Morgan fingerprint density at radius 2 is 1.89 bits per heavy atom. The van der Waals surface area contributed by atoms with Crippen molar-refractivity contribution in [2.75, 3.05) is 0 Å². The normalized spacial score (nSPS) is 19.3. The molecule has 0 spiro atoms. The Hall–Kier alpha value is -2.31. The van der Waals surface area contributed by atoms with Crippen LogP contribution in [0.1, 0.15) is 24.7 Å². The summed E-state index contributed by atoms with van der Waals surface area (Å²) in [5, 5.41) is 9.85. The third-order valence-corrected chi connectivity index (χ3v) is 5.76. The van der Waals surface area contributed by atoms with Crippen LogP contribution in [0.4, 0.5) is 0 Å². The molecular weight excluding hydrogens is 382 g/mol. The van der Waals surface area contributed by atoms with Gasteiger partial charge >= 0.3 is 5.97 Å². The summed E-state index contributed by atoms with van der Waals surface area (Å²) < 4.78 is 7.27. The van der Waals surface area contributed by atoms with Crippen molar-refractivity contribution in [1.82, 2.24) is 14.8 Å². The van der Waals surface area contributed by atoms with E-state index in [0.717, 1.165) is 17.1 Å². The second-order valence-electron chi connectivity index (χ2n) is 6.46. The molecule has 1 aliphatic rings. The van der Waals surface area contributed by atoms with Gasteiger partial charge in [0.05, 0.1) is 0 Å². The Balaban J connectivity index is 1.70. The van der Waals surface area contributed by atoms with Gasteiger partial charge in [-0.2, -0.15) is 0 Å². The summed E-state index contributed by atoms with van der Waals surface area (Å²) in [6.45, 7) is 1.91. The highest BCUT2D eigenvalue weighted by Crippen LogP contribution is 2.33. The average molecular weight is 400 g/mol. The molecule has 2 atom stereocenters. The number of rotatable bonds is 5. The lowest BCUT2D eigenvalue weighted by Crippen LogP contribution is -2.11. The van der Waals surface area contributed by atoms with Crippen LogP contribution in [-0.2, 0) is 16.0 Å². The summed E-state index contributed by atoms with van der Waals surface area (Å²) in [4.78, 5) is 12.1. The quantitative estimate of drug-likeness (QED) is 0.598. The smallest absolute Gasteiger partial charge is 0.319 e. The average Bonchev–Trinajstić information content (AvgIpc) is 3.19. The van der Waals surface area contributed by atoms with Gasteiger partial charge in [0.2, 0.25) is 0 Å². The maximum atomic E-state index is 12.1. The van der Waals surface area contributed by atoms with Crippen molar-refractivity contribution >= 4 is 29.3 Å². The number of benzene rings is 2. The van der Waals surface area contributed by atoms with E-state index in [1.807, 2.05) is 54.0 Å². The van der Waals surface area contributed by atoms with E-state index in [2.05, 4.69) is 22.3 Å².